The number of rotatable bonds is 4. The van der Waals surface area contributed by atoms with E-state index in [1.54, 1.807) is 24.3 Å². The standard InChI is InChI=1S/C11H13ClOS/c1-2-3-7-14-11(13)9-5-4-6-10(12)8-9/h4-6,8H,2-3,7H2,1H3. The van der Waals surface area contributed by atoms with E-state index in [2.05, 4.69) is 6.92 Å². The van der Waals surface area contributed by atoms with Crippen LogP contribution in [0.15, 0.2) is 24.3 Å². The van der Waals surface area contributed by atoms with E-state index in [1.165, 1.54) is 11.8 Å². The molecular formula is C11H13ClOS. The third-order valence-electron chi connectivity index (χ3n) is 1.79. The van der Waals surface area contributed by atoms with Crippen LogP contribution in [0.3, 0.4) is 0 Å². The highest BCUT2D eigenvalue weighted by Gasteiger charge is 2.05. The van der Waals surface area contributed by atoms with Crippen molar-refractivity contribution in [3.8, 4) is 0 Å². The zero-order chi connectivity index (χ0) is 10.4. The lowest BCUT2D eigenvalue weighted by molar-refractivity contribution is 0.108. The molecule has 0 atom stereocenters. The molecule has 0 heterocycles. The van der Waals surface area contributed by atoms with Gasteiger partial charge in [0.05, 0.1) is 0 Å². The molecule has 0 saturated carbocycles. The molecule has 0 aliphatic carbocycles. The Kier molecular flexibility index (Phi) is 5.05. The number of carbonyl (C=O) groups is 1. The predicted molar refractivity (Wildman–Crippen MR) is 63.1 cm³/mol. The van der Waals surface area contributed by atoms with Crippen molar-refractivity contribution in [2.45, 2.75) is 19.8 Å². The monoisotopic (exact) mass is 228 g/mol. The Hall–Kier alpha value is -0.470. The first-order valence-corrected chi connectivity index (χ1v) is 6.03. The summed E-state index contributed by atoms with van der Waals surface area (Å²) in [6.07, 6.45) is 2.20. The Balaban J connectivity index is 2.52. The number of hydrogen-bond donors (Lipinski definition) is 0. The average Bonchev–Trinajstić information content (AvgIpc) is 2.18. The van der Waals surface area contributed by atoms with Gasteiger partial charge >= 0.3 is 0 Å². The van der Waals surface area contributed by atoms with E-state index >= 15 is 0 Å². The van der Waals surface area contributed by atoms with E-state index in [1.807, 2.05) is 0 Å². The van der Waals surface area contributed by atoms with Gasteiger partial charge in [0.15, 0.2) is 0 Å². The molecule has 0 spiro atoms. The van der Waals surface area contributed by atoms with Gasteiger partial charge in [-0.2, -0.15) is 0 Å². The number of benzene rings is 1. The van der Waals surface area contributed by atoms with Crippen LogP contribution >= 0.6 is 23.4 Å². The maximum Gasteiger partial charge on any atom is 0.219 e. The molecule has 0 aliphatic rings. The number of thioether (sulfide) groups is 1. The number of halogens is 1. The van der Waals surface area contributed by atoms with Gasteiger partial charge in [0, 0.05) is 16.3 Å². The van der Waals surface area contributed by atoms with Crippen LogP contribution in [0, 0.1) is 0 Å². The van der Waals surface area contributed by atoms with Crippen molar-refractivity contribution >= 4 is 28.5 Å². The van der Waals surface area contributed by atoms with Crippen molar-refractivity contribution in [3.63, 3.8) is 0 Å². The minimum absolute atomic E-state index is 0.112. The second-order valence-electron chi connectivity index (χ2n) is 3.00. The summed E-state index contributed by atoms with van der Waals surface area (Å²) in [7, 11) is 0. The molecule has 0 saturated heterocycles. The maximum absolute atomic E-state index is 11.6. The zero-order valence-electron chi connectivity index (χ0n) is 8.13. The van der Waals surface area contributed by atoms with Crippen LogP contribution < -0.4 is 0 Å². The van der Waals surface area contributed by atoms with Crippen LogP contribution in [0.2, 0.25) is 5.02 Å². The predicted octanol–water partition coefficient (Wildman–Crippen LogP) is 4.01. The van der Waals surface area contributed by atoms with Gasteiger partial charge in [-0.25, -0.2) is 0 Å². The Morgan fingerprint density at radius 2 is 2.29 bits per heavy atom. The van der Waals surface area contributed by atoms with Crippen LogP contribution in [0.5, 0.6) is 0 Å². The van der Waals surface area contributed by atoms with Crippen LogP contribution in [-0.4, -0.2) is 10.9 Å². The fourth-order valence-electron chi connectivity index (χ4n) is 1.01. The molecule has 0 aliphatic heterocycles. The molecule has 0 bridgehead atoms. The number of unbranched alkanes of at least 4 members (excludes halogenated alkanes) is 1. The highest BCUT2D eigenvalue weighted by molar-refractivity contribution is 8.14. The van der Waals surface area contributed by atoms with Crippen LogP contribution in [-0.2, 0) is 0 Å². The SMILES string of the molecule is CCCCSC(=O)c1cccc(Cl)c1. The molecule has 0 radical (unpaired) electrons. The summed E-state index contributed by atoms with van der Waals surface area (Å²) in [4.78, 5) is 11.6. The van der Waals surface area contributed by atoms with Gasteiger partial charge in [-0.15, -0.1) is 0 Å². The average molecular weight is 229 g/mol. The second kappa shape index (κ2) is 6.10. The molecule has 0 fully saturated rings. The largest absolute Gasteiger partial charge is 0.282 e. The quantitative estimate of drug-likeness (QED) is 0.725. The third kappa shape index (κ3) is 3.72. The van der Waals surface area contributed by atoms with Crippen LogP contribution in [0.4, 0.5) is 0 Å². The Bertz CT molecular complexity index is 312. The lowest BCUT2D eigenvalue weighted by Crippen LogP contribution is -1.94. The molecule has 14 heavy (non-hydrogen) atoms. The smallest absolute Gasteiger partial charge is 0.219 e. The summed E-state index contributed by atoms with van der Waals surface area (Å²) in [6.45, 7) is 2.12. The molecule has 0 amide bonds. The summed E-state index contributed by atoms with van der Waals surface area (Å²) in [5.41, 5.74) is 0.693. The molecule has 0 unspecified atom stereocenters. The fraction of sp³-hybridized carbons (Fsp3) is 0.364. The minimum atomic E-state index is 0.112. The van der Waals surface area contributed by atoms with E-state index < -0.39 is 0 Å². The summed E-state index contributed by atoms with van der Waals surface area (Å²) >= 11 is 7.15. The van der Waals surface area contributed by atoms with E-state index in [9.17, 15) is 4.79 Å². The molecule has 1 nitrogen and oxygen atoms in total. The Morgan fingerprint density at radius 1 is 1.50 bits per heavy atom. The third-order valence-corrected chi connectivity index (χ3v) is 3.02. The Morgan fingerprint density at radius 3 is 2.93 bits per heavy atom. The van der Waals surface area contributed by atoms with Crippen molar-refractivity contribution in [1.29, 1.82) is 0 Å². The molecule has 0 N–H and O–H groups in total. The summed E-state index contributed by atoms with van der Waals surface area (Å²) < 4.78 is 0. The second-order valence-corrected chi connectivity index (χ2v) is 4.50. The molecule has 1 aromatic rings. The van der Waals surface area contributed by atoms with E-state index in [-0.39, 0.29) is 5.12 Å². The first-order chi connectivity index (χ1) is 6.74. The fourth-order valence-corrected chi connectivity index (χ4v) is 2.11. The van der Waals surface area contributed by atoms with Crippen molar-refractivity contribution < 1.29 is 4.79 Å². The van der Waals surface area contributed by atoms with Gasteiger partial charge in [0.25, 0.3) is 0 Å². The molecule has 76 valence electrons. The molecular weight excluding hydrogens is 216 g/mol. The van der Waals surface area contributed by atoms with Crippen LogP contribution in [0.1, 0.15) is 30.1 Å². The molecule has 1 aromatic carbocycles. The number of carbonyl (C=O) groups excluding carboxylic acids is 1. The highest BCUT2D eigenvalue weighted by Crippen LogP contribution is 2.17. The van der Waals surface area contributed by atoms with Crippen molar-refractivity contribution in [1.82, 2.24) is 0 Å². The zero-order valence-corrected chi connectivity index (χ0v) is 9.70. The van der Waals surface area contributed by atoms with Gasteiger partial charge < -0.3 is 0 Å². The highest BCUT2D eigenvalue weighted by atomic mass is 35.5. The topological polar surface area (TPSA) is 17.1 Å². The van der Waals surface area contributed by atoms with Gasteiger partial charge in [0.2, 0.25) is 5.12 Å². The van der Waals surface area contributed by atoms with Crippen LogP contribution in [0.25, 0.3) is 0 Å². The lowest BCUT2D eigenvalue weighted by atomic mass is 10.2. The van der Waals surface area contributed by atoms with Crippen molar-refractivity contribution in [2.24, 2.45) is 0 Å². The van der Waals surface area contributed by atoms with Crippen molar-refractivity contribution in [2.75, 3.05) is 5.75 Å². The molecule has 0 aromatic heterocycles. The van der Waals surface area contributed by atoms with Gasteiger partial charge in [0.1, 0.15) is 0 Å². The number of hydrogen-bond acceptors (Lipinski definition) is 2. The van der Waals surface area contributed by atoms with Gasteiger partial charge in [-0.1, -0.05) is 48.8 Å². The summed E-state index contributed by atoms with van der Waals surface area (Å²) in [5, 5.41) is 0.730. The van der Waals surface area contributed by atoms with Crippen molar-refractivity contribution in [3.05, 3.63) is 34.9 Å². The summed E-state index contributed by atoms with van der Waals surface area (Å²) in [6, 6.07) is 7.08. The van der Waals surface area contributed by atoms with E-state index in [0.29, 0.717) is 10.6 Å². The normalized spacial score (nSPS) is 10.1. The lowest BCUT2D eigenvalue weighted by Gasteiger charge is -2.00. The van der Waals surface area contributed by atoms with Gasteiger partial charge in [-0.3, -0.25) is 4.79 Å². The Labute approximate surface area is 93.8 Å². The minimum Gasteiger partial charge on any atom is -0.282 e. The summed E-state index contributed by atoms with van der Waals surface area (Å²) in [5.74, 6) is 0.891. The molecule has 3 heteroatoms. The first-order valence-electron chi connectivity index (χ1n) is 4.66. The van der Waals surface area contributed by atoms with Gasteiger partial charge in [-0.05, 0) is 18.6 Å². The first kappa shape index (κ1) is 11.6. The molecule has 1 rings (SSSR count). The maximum atomic E-state index is 11.6. The van der Waals surface area contributed by atoms with E-state index in [4.69, 9.17) is 11.6 Å². The van der Waals surface area contributed by atoms with E-state index in [0.717, 1.165) is 18.6 Å².